The summed E-state index contributed by atoms with van der Waals surface area (Å²) < 4.78 is 32.7. The highest BCUT2D eigenvalue weighted by molar-refractivity contribution is 7.89. The van der Waals surface area contributed by atoms with E-state index in [1.54, 1.807) is 23.9 Å². The lowest BCUT2D eigenvalue weighted by Crippen LogP contribution is -2.22. The van der Waals surface area contributed by atoms with Gasteiger partial charge in [-0.25, -0.2) is 17.4 Å². The number of amides is 1. The van der Waals surface area contributed by atoms with Crippen molar-refractivity contribution in [2.45, 2.75) is 11.8 Å². The molecule has 0 aliphatic rings. The lowest BCUT2D eigenvalue weighted by Gasteiger charge is -2.14. The van der Waals surface area contributed by atoms with Crippen LogP contribution in [-0.4, -0.2) is 49.6 Å². The van der Waals surface area contributed by atoms with Crippen molar-refractivity contribution in [2.75, 3.05) is 26.5 Å². The zero-order chi connectivity index (χ0) is 21.2. The molecule has 0 saturated carbocycles. The first-order valence-electron chi connectivity index (χ1n) is 8.77. The van der Waals surface area contributed by atoms with Crippen molar-refractivity contribution < 1.29 is 17.9 Å². The van der Waals surface area contributed by atoms with Crippen molar-refractivity contribution in [3.05, 3.63) is 66.0 Å². The average Bonchev–Trinajstić information content (AvgIpc) is 3.14. The van der Waals surface area contributed by atoms with Crippen LogP contribution in [0, 0.1) is 6.92 Å². The molecule has 1 aromatic heterocycles. The van der Waals surface area contributed by atoms with Crippen LogP contribution in [0.15, 0.2) is 59.6 Å². The topological polar surface area (TPSA) is 93.5 Å². The summed E-state index contributed by atoms with van der Waals surface area (Å²) in [6.07, 6.45) is 1.62. The van der Waals surface area contributed by atoms with E-state index in [4.69, 9.17) is 4.74 Å². The molecule has 0 fully saturated rings. The summed E-state index contributed by atoms with van der Waals surface area (Å²) in [5, 5.41) is 7.07. The van der Waals surface area contributed by atoms with Crippen LogP contribution < -0.4 is 10.1 Å². The number of nitrogens with zero attached hydrogens (tertiary/aromatic N) is 3. The fourth-order valence-electron chi connectivity index (χ4n) is 2.67. The molecule has 2 aromatic carbocycles. The number of methoxy groups -OCH3 is 1. The molecular weight excluding hydrogens is 392 g/mol. The number of hydrogen-bond donors (Lipinski definition) is 1. The summed E-state index contributed by atoms with van der Waals surface area (Å²) in [7, 11) is 0.739. The van der Waals surface area contributed by atoms with Crippen molar-refractivity contribution in [2.24, 2.45) is 0 Å². The van der Waals surface area contributed by atoms with Gasteiger partial charge in [0.15, 0.2) is 11.4 Å². The SMILES string of the molecule is COc1cn(-c2ccccc2)nc1C(=O)Nc1cc(S(=O)(=O)N(C)C)ccc1C. The van der Waals surface area contributed by atoms with Crippen molar-refractivity contribution in [3.8, 4) is 11.4 Å². The van der Waals surface area contributed by atoms with Crippen LogP contribution in [0.25, 0.3) is 5.69 Å². The fraction of sp³-hybridized carbons (Fsp3) is 0.200. The second-order valence-electron chi connectivity index (χ2n) is 6.54. The number of nitrogens with one attached hydrogen (secondary N) is 1. The van der Waals surface area contributed by atoms with E-state index in [0.29, 0.717) is 11.4 Å². The van der Waals surface area contributed by atoms with E-state index in [-0.39, 0.29) is 10.6 Å². The first-order chi connectivity index (χ1) is 13.7. The first kappa shape index (κ1) is 20.6. The number of sulfonamides is 1. The van der Waals surface area contributed by atoms with Gasteiger partial charge in [0.25, 0.3) is 5.91 Å². The molecule has 1 N–H and O–H groups in total. The zero-order valence-electron chi connectivity index (χ0n) is 16.6. The van der Waals surface area contributed by atoms with Gasteiger partial charge >= 0.3 is 0 Å². The molecule has 0 spiro atoms. The van der Waals surface area contributed by atoms with Crippen molar-refractivity contribution in [1.82, 2.24) is 14.1 Å². The third-order valence-corrected chi connectivity index (χ3v) is 6.18. The van der Waals surface area contributed by atoms with E-state index in [1.165, 1.54) is 33.3 Å². The minimum Gasteiger partial charge on any atom is -0.493 e. The van der Waals surface area contributed by atoms with Gasteiger partial charge in [-0.15, -0.1) is 0 Å². The van der Waals surface area contributed by atoms with E-state index < -0.39 is 15.9 Å². The lowest BCUT2D eigenvalue weighted by atomic mass is 10.2. The Hall–Kier alpha value is -3.17. The van der Waals surface area contributed by atoms with Crippen molar-refractivity contribution in [1.29, 1.82) is 0 Å². The number of carbonyl (C=O) groups excluding carboxylic acids is 1. The molecule has 29 heavy (non-hydrogen) atoms. The molecule has 0 aliphatic carbocycles. The van der Waals surface area contributed by atoms with Crippen LogP contribution in [-0.2, 0) is 10.0 Å². The first-order valence-corrected chi connectivity index (χ1v) is 10.2. The maximum atomic E-state index is 12.9. The second-order valence-corrected chi connectivity index (χ2v) is 8.70. The van der Waals surface area contributed by atoms with Crippen molar-refractivity contribution >= 4 is 21.6 Å². The predicted molar refractivity (Wildman–Crippen MR) is 110 cm³/mol. The molecule has 1 heterocycles. The van der Waals surface area contributed by atoms with Gasteiger partial charge < -0.3 is 10.1 Å². The molecule has 0 aliphatic heterocycles. The molecule has 0 atom stereocenters. The molecule has 3 aromatic rings. The Balaban J connectivity index is 1.94. The molecule has 0 saturated heterocycles. The molecule has 1 amide bonds. The number of aromatic nitrogens is 2. The molecule has 152 valence electrons. The summed E-state index contributed by atoms with van der Waals surface area (Å²) in [5.41, 5.74) is 1.98. The molecular formula is C20H22N4O4S. The number of anilines is 1. The van der Waals surface area contributed by atoms with Gasteiger partial charge in [0, 0.05) is 19.8 Å². The Kier molecular flexibility index (Phi) is 5.71. The maximum Gasteiger partial charge on any atom is 0.280 e. The summed E-state index contributed by atoms with van der Waals surface area (Å²) in [6.45, 7) is 1.78. The third kappa shape index (κ3) is 4.15. The van der Waals surface area contributed by atoms with Crippen LogP contribution in [0.4, 0.5) is 5.69 Å². The minimum absolute atomic E-state index is 0.0881. The fourth-order valence-corrected chi connectivity index (χ4v) is 3.59. The van der Waals surface area contributed by atoms with Gasteiger partial charge in [-0.3, -0.25) is 4.79 Å². The normalized spacial score (nSPS) is 11.5. The van der Waals surface area contributed by atoms with Gasteiger partial charge in [0.2, 0.25) is 10.0 Å². The second kappa shape index (κ2) is 8.06. The van der Waals surface area contributed by atoms with E-state index in [1.807, 2.05) is 30.3 Å². The predicted octanol–water partition coefficient (Wildman–Crippen LogP) is 2.69. The van der Waals surface area contributed by atoms with E-state index >= 15 is 0 Å². The number of ether oxygens (including phenoxy) is 1. The highest BCUT2D eigenvalue weighted by Gasteiger charge is 2.22. The molecule has 0 bridgehead atoms. The number of para-hydroxylation sites is 1. The van der Waals surface area contributed by atoms with Gasteiger partial charge in [0.1, 0.15) is 0 Å². The van der Waals surface area contributed by atoms with Gasteiger partial charge in [-0.2, -0.15) is 5.10 Å². The van der Waals surface area contributed by atoms with Gasteiger partial charge in [-0.1, -0.05) is 24.3 Å². The quantitative estimate of drug-likeness (QED) is 0.669. The lowest BCUT2D eigenvalue weighted by molar-refractivity contribution is 0.101. The third-order valence-electron chi connectivity index (χ3n) is 4.37. The van der Waals surface area contributed by atoms with Gasteiger partial charge in [0.05, 0.1) is 23.9 Å². The minimum atomic E-state index is -3.62. The Morgan fingerprint density at radius 3 is 2.45 bits per heavy atom. The monoisotopic (exact) mass is 414 g/mol. The molecule has 0 unspecified atom stereocenters. The van der Waals surface area contributed by atoms with Crippen LogP contribution in [0.2, 0.25) is 0 Å². The number of benzene rings is 2. The number of rotatable bonds is 6. The molecule has 9 heteroatoms. The van der Waals surface area contributed by atoms with Crippen LogP contribution >= 0.6 is 0 Å². The highest BCUT2D eigenvalue weighted by atomic mass is 32.2. The van der Waals surface area contributed by atoms with Crippen LogP contribution in [0.3, 0.4) is 0 Å². The van der Waals surface area contributed by atoms with Crippen LogP contribution in [0.5, 0.6) is 5.75 Å². The Bertz CT molecular complexity index is 1140. The van der Waals surface area contributed by atoms with E-state index in [9.17, 15) is 13.2 Å². The van der Waals surface area contributed by atoms with Crippen LogP contribution in [0.1, 0.15) is 16.1 Å². The van der Waals surface area contributed by atoms with E-state index in [2.05, 4.69) is 10.4 Å². The molecule has 3 rings (SSSR count). The number of aryl methyl sites for hydroxylation is 1. The number of hydrogen-bond acceptors (Lipinski definition) is 5. The van der Waals surface area contributed by atoms with Crippen molar-refractivity contribution in [3.63, 3.8) is 0 Å². The summed E-state index contributed by atoms with van der Waals surface area (Å²) in [4.78, 5) is 12.9. The highest BCUT2D eigenvalue weighted by Crippen LogP contribution is 2.25. The molecule has 8 nitrogen and oxygen atoms in total. The number of carbonyl (C=O) groups is 1. The maximum absolute atomic E-state index is 12.9. The standard InChI is InChI=1S/C20H22N4O4S/c1-14-10-11-16(29(26,27)23(2)3)12-17(14)21-20(25)19-18(28-4)13-24(22-19)15-8-6-5-7-9-15/h5-13H,1-4H3,(H,21,25). The Morgan fingerprint density at radius 2 is 1.83 bits per heavy atom. The average molecular weight is 414 g/mol. The van der Waals surface area contributed by atoms with E-state index in [0.717, 1.165) is 15.6 Å². The largest absolute Gasteiger partial charge is 0.493 e. The summed E-state index contributed by atoms with van der Waals surface area (Å²) >= 11 is 0. The summed E-state index contributed by atoms with van der Waals surface area (Å²) in [6, 6.07) is 13.9. The zero-order valence-corrected chi connectivity index (χ0v) is 17.4. The smallest absolute Gasteiger partial charge is 0.280 e. The summed E-state index contributed by atoms with van der Waals surface area (Å²) in [5.74, 6) is -0.194. The Morgan fingerprint density at radius 1 is 1.14 bits per heavy atom. The van der Waals surface area contributed by atoms with Gasteiger partial charge in [-0.05, 0) is 36.8 Å². The molecule has 0 radical (unpaired) electrons. The Labute approximate surface area is 169 Å².